The van der Waals surface area contributed by atoms with Crippen molar-refractivity contribution in [1.29, 1.82) is 0 Å². The molecule has 0 spiro atoms. The number of carbonyl (C=O) groups is 1. The molecular formula is C12H16N2O. The van der Waals surface area contributed by atoms with E-state index in [0.29, 0.717) is 18.0 Å². The Morgan fingerprint density at radius 1 is 1.47 bits per heavy atom. The Kier molecular flexibility index (Phi) is 3.02. The van der Waals surface area contributed by atoms with E-state index in [-0.39, 0.29) is 5.91 Å². The summed E-state index contributed by atoms with van der Waals surface area (Å²) in [7, 11) is 0. The molecule has 0 radical (unpaired) electrons. The average Bonchev–Trinajstić information content (AvgIpc) is 3.10. The fraction of sp³-hybridized carbons (Fsp3) is 0.417. The SMILES string of the molecule is NCc1cccc(C(=O)NCC2CC2)c1. The summed E-state index contributed by atoms with van der Waals surface area (Å²) >= 11 is 0. The fourth-order valence-corrected chi connectivity index (χ4v) is 1.50. The van der Waals surface area contributed by atoms with Crippen LogP contribution in [0.25, 0.3) is 0 Å². The van der Waals surface area contributed by atoms with Gasteiger partial charge in [-0.2, -0.15) is 0 Å². The van der Waals surface area contributed by atoms with Gasteiger partial charge in [0.1, 0.15) is 0 Å². The van der Waals surface area contributed by atoms with Crippen LogP contribution in [0, 0.1) is 5.92 Å². The highest BCUT2D eigenvalue weighted by Crippen LogP contribution is 2.27. The second-order valence-corrected chi connectivity index (χ2v) is 4.06. The van der Waals surface area contributed by atoms with Gasteiger partial charge in [0.15, 0.2) is 0 Å². The van der Waals surface area contributed by atoms with Crippen molar-refractivity contribution in [2.75, 3.05) is 6.54 Å². The third-order valence-corrected chi connectivity index (χ3v) is 2.67. The van der Waals surface area contributed by atoms with Gasteiger partial charge in [0.25, 0.3) is 5.91 Å². The highest BCUT2D eigenvalue weighted by molar-refractivity contribution is 5.94. The molecule has 1 aromatic rings. The van der Waals surface area contributed by atoms with Crippen LogP contribution in [-0.2, 0) is 6.54 Å². The van der Waals surface area contributed by atoms with Gasteiger partial charge in [-0.1, -0.05) is 12.1 Å². The molecule has 3 nitrogen and oxygen atoms in total. The van der Waals surface area contributed by atoms with Gasteiger partial charge in [-0.3, -0.25) is 4.79 Å². The largest absolute Gasteiger partial charge is 0.352 e. The van der Waals surface area contributed by atoms with Gasteiger partial charge in [-0.25, -0.2) is 0 Å². The molecule has 80 valence electrons. The lowest BCUT2D eigenvalue weighted by Crippen LogP contribution is -2.25. The third kappa shape index (κ3) is 2.80. The van der Waals surface area contributed by atoms with Gasteiger partial charge in [0.05, 0.1) is 0 Å². The number of hydrogen-bond acceptors (Lipinski definition) is 2. The molecule has 0 aliphatic heterocycles. The molecule has 0 saturated heterocycles. The third-order valence-electron chi connectivity index (χ3n) is 2.67. The Balaban J connectivity index is 1.96. The van der Waals surface area contributed by atoms with E-state index in [1.807, 2.05) is 24.3 Å². The lowest BCUT2D eigenvalue weighted by atomic mass is 10.1. The number of benzene rings is 1. The minimum Gasteiger partial charge on any atom is -0.352 e. The van der Waals surface area contributed by atoms with Gasteiger partial charge in [0, 0.05) is 18.7 Å². The molecule has 1 aromatic carbocycles. The Hall–Kier alpha value is -1.35. The van der Waals surface area contributed by atoms with E-state index in [1.54, 1.807) is 0 Å². The first-order valence-corrected chi connectivity index (χ1v) is 5.37. The maximum Gasteiger partial charge on any atom is 0.251 e. The first-order valence-electron chi connectivity index (χ1n) is 5.37. The van der Waals surface area contributed by atoms with Gasteiger partial charge < -0.3 is 11.1 Å². The van der Waals surface area contributed by atoms with E-state index in [2.05, 4.69) is 5.32 Å². The molecule has 3 N–H and O–H groups in total. The number of hydrogen-bond donors (Lipinski definition) is 2. The standard InChI is InChI=1S/C12H16N2O/c13-7-10-2-1-3-11(6-10)12(15)14-8-9-4-5-9/h1-3,6,9H,4-5,7-8,13H2,(H,14,15). The Morgan fingerprint density at radius 3 is 2.93 bits per heavy atom. The molecule has 0 bridgehead atoms. The maximum absolute atomic E-state index is 11.7. The molecule has 0 unspecified atom stereocenters. The smallest absolute Gasteiger partial charge is 0.251 e. The number of amides is 1. The number of nitrogens with two attached hydrogens (primary N) is 1. The van der Waals surface area contributed by atoms with Crippen LogP contribution in [0.1, 0.15) is 28.8 Å². The van der Waals surface area contributed by atoms with E-state index in [4.69, 9.17) is 5.73 Å². The highest BCUT2D eigenvalue weighted by atomic mass is 16.1. The van der Waals surface area contributed by atoms with Crippen molar-refractivity contribution in [1.82, 2.24) is 5.32 Å². The number of nitrogens with one attached hydrogen (secondary N) is 1. The number of carbonyl (C=O) groups excluding carboxylic acids is 1. The van der Waals surface area contributed by atoms with Crippen LogP contribution >= 0.6 is 0 Å². The van der Waals surface area contributed by atoms with Crippen molar-refractivity contribution in [3.63, 3.8) is 0 Å². The number of rotatable bonds is 4. The van der Waals surface area contributed by atoms with Gasteiger partial charge >= 0.3 is 0 Å². The summed E-state index contributed by atoms with van der Waals surface area (Å²) in [6, 6.07) is 7.47. The van der Waals surface area contributed by atoms with Gasteiger partial charge in [0.2, 0.25) is 0 Å². The van der Waals surface area contributed by atoms with Gasteiger partial charge in [-0.05, 0) is 36.5 Å². The first-order chi connectivity index (χ1) is 7.29. The zero-order valence-corrected chi connectivity index (χ0v) is 8.70. The van der Waals surface area contributed by atoms with Crippen LogP contribution in [0.3, 0.4) is 0 Å². The van der Waals surface area contributed by atoms with Crippen molar-refractivity contribution in [2.24, 2.45) is 11.7 Å². The van der Waals surface area contributed by atoms with Crippen molar-refractivity contribution in [3.05, 3.63) is 35.4 Å². The molecule has 1 aliphatic rings. The zero-order valence-electron chi connectivity index (χ0n) is 8.70. The predicted octanol–water partition coefficient (Wildman–Crippen LogP) is 1.29. The van der Waals surface area contributed by atoms with E-state index < -0.39 is 0 Å². The molecule has 2 rings (SSSR count). The first kappa shape index (κ1) is 10.2. The summed E-state index contributed by atoms with van der Waals surface area (Å²) in [6.45, 7) is 1.29. The van der Waals surface area contributed by atoms with Crippen LogP contribution in [0.5, 0.6) is 0 Å². The summed E-state index contributed by atoms with van der Waals surface area (Å²) < 4.78 is 0. The van der Waals surface area contributed by atoms with Crippen molar-refractivity contribution >= 4 is 5.91 Å². The second-order valence-electron chi connectivity index (χ2n) is 4.06. The van der Waals surface area contributed by atoms with E-state index in [1.165, 1.54) is 12.8 Å². The normalized spacial score (nSPS) is 15.0. The Labute approximate surface area is 89.7 Å². The summed E-state index contributed by atoms with van der Waals surface area (Å²) in [4.78, 5) is 11.7. The van der Waals surface area contributed by atoms with Gasteiger partial charge in [-0.15, -0.1) is 0 Å². The molecule has 1 aliphatic carbocycles. The highest BCUT2D eigenvalue weighted by Gasteiger charge is 2.21. The molecule has 1 fully saturated rings. The summed E-state index contributed by atoms with van der Waals surface area (Å²) in [5, 5.41) is 2.93. The van der Waals surface area contributed by atoms with Crippen molar-refractivity contribution in [2.45, 2.75) is 19.4 Å². The zero-order chi connectivity index (χ0) is 10.7. The molecular weight excluding hydrogens is 188 g/mol. The minimum absolute atomic E-state index is 0.0113. The quantitative estimate of drug-likeness (QED) is 0.776. The molecule has 15 heavy (non-hydrogen) atoms. The maximum atomic E-state index is 11.7. The molecule has 0 atom stereocenters. The Bertz CT molecular complexity index is 358. The molecule has 0 heterocycles. The van der Waals surface area contributed by atoms with Crippen molar-refractivity contribution in [3.8, 4) is 0 Å². The fourth-order valence-electron chi connectivity index (χ4n) is 1.50. The second kappa shape index (κ2) is 4.45. The monoisotopic (exact) mass is 204 g/mol. The lowest BCUT2D eigenvalue weighted by molar-refractivity contribution is 0.0951. The summed E-state index contributed by atoms with van der Waals surface area (Å²) in [5.74, 6) is 0.726. The van der Waals surface area contributed by atoms with E-state index in [0.717, 1.165) is 12.1 Å². The van der Waals surface area contributed by atoms with Crippen LogP contribution in [0.2, 0.25) is 0 Å². The molecule has 3 heteroatoms. The van der Waals surface area contributed by atoms with E-state index in [9.17, 15) is 4.79 Å². The van der Waals surface area contributed by atoms with Crippen LogP contribution < -0.4 is 11.1 Å². The molecule has 1 amide bonds. The van der Waals surface area contributed by atoms with E-state index >= 15 is 0 Å². The summed E-state index contributed by atoms with van der Waals surface area (Å²) in [5.41, 5.74) is 7.22. The van der Waals surface area contributed by atoms with Crippen LogP contribution in [0.4, 0.5) is 0 Å². The lowest BCUT2D eigenvalue weighted by Gasteiger charge is -2.05. The van der Waals surface area contributed by atoms with Crippen LogP contribution in [-0.4, -0.2) is 12.5 Å². The van der Waals surface area contributed by atoms with Crippen LogP contribution in [0.15, 0.2) is 24.3 Å². The molecule has 1 saturated carbocycles. The average molecular weight is 204 g/mol. The van der Waals surface area contributed by atoms with Crippen molar-refractivity contribution < 1.29 is 4.79 Å². The topological polar surface area (TPSA) is 55.1 Å². The predicted molar refractivity (Wildman–Crippen MR) is 59.4 cm³/mol. The Morgan fingerprint density at radius 2 is 2.27 bits per heavy atom. The summed E-state index contributed by atoms with van der Waals surface area (Å²) in [6.07, 6.45) is 2.51. The minimum atomic E-state index is 0.0113. The molecule has 0 aromatic heterocycles.